The SMILES string of the molecule is CO[C@H]1C[C@H](O[C@H]2CC[C@@]3(C)C(=CC[C@]4(O)[C@@H]3CC(OC(=O)/C=C/c3ccccc3)[C@@]3(C)[C@]4(O)CC[C@]3(O)C(C)O)C2)O[C@H](C)[C@H]1O[C@H]1C[C@H](OC)[C@H](O[C@H]2C[C@@H](OC)[C@H](O)[C@@H](C)O2)[C@@H](C)O1. The van der Waals surface area contributed by atoms with Gasteiger partial charge in [0.15, 0.2) is 18.9 Å². The van der Waals surface area contributed by atoms with E-state index in [1.165, 1.54) is 13.0 Å². The minimum atomic E-state index is -1.90. The first kappa shape index (κ1) is 51.0. The lowest BCUT2D eigenvalue weighted by Crippen LogP contribution is -2.78. The average molecular weight is 945 g/mol. The molecule has 6 fully saturated rings. The molecule has 3 saturated carbocycles. The summed E-state index contributed by atoms with van der Waals surface area (Å²) in [7, 11) is 4.85. The quantitative estimate of drug-likeness (QED) is 0.105. The Morgan fingerprint density at radius 2 is 1.34 bits per heavy atom. The maximum absolute atomic E-state index is 13.6. The molecule has 0 amide bonds. The third-order valence-corrected chi connectivity index (χ3v) is 17.5. The third kappa shape index (κ3) is 8.91. The Hall–Kier alpha value is -2.39. The molecule has 16 heteroatoms. The van der Waals surface area contributed by atoms with Gasteiger partial charge >= 0.3 is 5.97 Å². The number of carbonyl (C=O) groups is 1. The van der Waals surface area contributed by atoms with Crippen molar-refractivity contribution in [3.8, 4) is 0 Å². The van der Waals surface area contributed by atoms with Gasteiger partial charge in [0.2, 0.25) is 0 Å². The lowest BCUT2D eigenvalue weighted by atomic mass is 9.42. The van der Waals surface area contributed by atoms with Crippen molar-refractivity contribution in [2.45, 2.75) is 215 Å². The van der Waals surface area contributed by atoms with E-state index in [1.54, 1.807) is 41.3 Å². The van der Waals surface area contributed by atoms with Crippen LogP contribution in [0, 0.1) is 16.7 Å². The fraction of sp³-hybridized carbons (Fsp3) is 0.784. The lowest BCUT2D eigenvalue weighted by Gasteiger charge is -2.67. The number of aliphatic hydroxyl groups excluding tert-OH is 2. The van der Waals surface area contributed by atoms with Crippen molar-refractivity contribution in [2.24, 2.45) is 16.7 Å². The van der Waals surface area contributed by atoms with E-state index in [9.17, 15) is 30.3 Å². The molecule has 16 nitrogen and oxygen atoms in total. The number of ether oxygens (including phenoxy) is 10. The third-order valence-electron chi connectivity index (χ3n) is 17.5. The minimum absolute atomic E-state index is 0.0184. The Bertz CT molecular complexity index is 1930. The van der Waals surface area contributed by atoms with Gasteiger partial charge in [0.1, 0.15) is 41.2 Å². The molecule has 7 aliphatic rings. The molecule has 1 aromatic rings. The monoisotopic (exact) mass is 945 g/mol. The van der Waals surface area contributed by atoms with Crippen molar-refractivity contribution < 1.29 is 77.7 Å². The van der Waals surface area contributed by atoms with Crippen LogP contribution in [0.2, 0.25) is 0 Å². The summed E-state index contributed by atoms with van der Waals surface area (Å²) in [6, 6.07) is 9.36. The van der Waals surface area contributed by atoms with Crippen LogP contribution in [0.1, 0.15) is 111 Å². The lowest BCUT2D eigenvalue weighted by molar-refractivity contribution is -0.339. The molecular weight excluding hydrogens is 869 g/mol. The number of hydrogen-bond acceptors (Lipinski definition) is 16. The summed E-state index contributed by atoms with van der Waals surface area (Å²) >= 11 is 0. The molecule has 2 unspecified atom stereocenters. The van der Waals surface area contributed by atoms with Crippen LogP contribution in [0.3, 0.4) is 0 Å². The van der Waals surface area contributed by atoms with Crippen molar-refractivity contribution >= 4 is 12.0 Å². The van der Waals surface area contributed by atoms with Crippen molar-refractivity contribution in [3.05, 3.63) is 53.6 Å². The predicted molar refractivity (Wildman–Crippen MR) is 242 cm³/mol. The maximum Gasteiger partial charge on any atom is 0.331 e. The Morgan fingerprint density at radius 3 is 1.93 bits per heavy atom. The molecule has 376 valence electrons. The highest BCUT2D eigenvalue weighted by Gasteiger charge is 2.81. The van der Waals surface area contributed by atoms with Crippen molar-refractivity contribution in [1.29, 1.82) is 0 Å². The highest BCUT2D eigenvalue weighted by molar-refractivity contribution is 5.87. The normalized spacial score (nSPS) is 48.2. The van der Waals surface area contributed by atoms with Crippen LogP contribution in [0.15, 0.2) is 48.1 Å². The number of rotatable bonds is 13. The smallest absolute Gasteiger partial charge is 0.331 e. The van der Waals surface area contributed by atoms with Gasteiger partial charge in [0.25, 0.3) is 0 Å². The molecule has 0 radical (unpaired) electrons. The van der Waals surface area contributed by atoms with Gasteiger partial charge in [0, 0.05) is 52.6 Å². The molecular formula is C51H76O16. The molecule has 3 aliphatic heterocycles. The predicted octanol–water partition coefficient (Wildman–Crippen LogP) is 4.49. The zero-order valence-corrected chi connectivity index (χ0v) is 40.7. The summed E-state index contributed by atoms with van der Waals surface area (Å²) in [6.07, 6.45) is -0.114. The molecule has 3 heterocycles. The van der Waals surface area contributed by atoms with Gasteiger partial charge in [-0.05, 0) is 89.7 Å². The van der Waals surface area contributed by atoms with Crippen LogP contribution < -0.4 is 0 Å². The Kier molecular flexibility index (Phi) is 15.0. The number of carbonyl (C=O) groups excluding carboxylic acids is 1. The first-order valence-electron chi connectivity index (χ1n) is 24.4. The summed E-state index contributed by atoms with van der Waals surface area (Å²) in [4.78, 5) is 13.6. The van der Waals surface area contributed by atoms with E-state index in [0.29, 0.717) is 38.5 Å². The highest BCUT2D eigenvalue weighted by Crippen LogP contribution is 2.71. The van der Waals surface area contributed by atoms with Crippen molar-refractivity contribution in [3.63, 3.8) is 0 Å². The van der Waals surface area contributed by atoms with E-state index in [2.05, 4.69) is 6.92 Å². The minimum Gasteiger partial charge on any atom is -0.458 e. The zero-order valence-electron chi connectivity index (χ0n) is 40.7. The number of fused-ring (bicyclic) bond motifs is 5. The summed E-state index contributed by atoms with van der Waals surface area (Å²) in [6.45, 7) is 10.9. The molecule has 1 aromatic carbocycles. The van der Waals surface area contributed by atoms with E-state index in [0.717, 1.165) is 11.1 Å². The van der Waals surface area contributed by atoms with Crippen LogP contribution in [0.4, 0.5) is 0 Å². The first-order valence-corrected chi connectivity index (χ1v) is 24.4. The molecule has 0 aromatic heterocycles. The Balaban J connectivity index is 0.921. The molecule has 67 heavy (non-hydrogen) atoms. The molecule has 8 rings (SSSR count). The van der Waals surface area contributed by atoms with E-state index >= 15 is 0 Å². The van der Waals surface area contributed by atoms with Crippen LogP contribution in [-0.4, -0.2) is 162 Å². The summed E-state index contributed by atoms with van der Waals surface area (Å²) in [5.41, 5.74) is -5.72. The van der Waals surface area contributed by atoms with E-state index in [4.69, 9.17) is 47.4 Å². The topological polar surface area (TPSA) is 211 Å². The van der Waals surface area contributed by atoms with Crippen LogP contribution in [0.25, 0.3) is 6.08 Å². The zero-order chi connectivity index (χ0) is 48.3. The molecule has 3 saturated heterocycles. The van der Waals surface area contributed by atoms with Crippen molar-refractivity contribution in [2.75, 3.05) is 21.3 Å². The Morgan fingerprint density at radius 1 is 0.776 bits per heavy atom. The van der Waals surface area contributed by atoms with Crippen molar-refractivity contribution in [1.82, 2.24) is 0 Å². The molecule has 0 bridgehead atoms. The van der Waals surface area contributed by atoms with Gasteiger partial charge in [-0.25, -0.2) is 4.79 Å². The molecule has 21 atom stereocenters. The van der Waals surface area contributed by atoms with Gasteiger partial charge < -0.3 is 72.9 Å². The second-order valence-electron chi connectivity index (χ2n) is 20.9. The molecule has 0 spiro atoms. The van der Waals surface area contributed by atoms with Gasteiger partial charge in [-0.15, -0.1) is 0 Å². The van der Waals surface area contributed by atoms with Gasteiger partial charge in [-0.1, -0.05) is 55.8 Å². The van der Waals surface area contributed by atoms with E-state index in [1.807, 2.05) is 50.3 Å². The number of hydrogen-bond donors (Lipinski definition) is 5. The first-order chi connectivity index (χ1) is 31.7. The van der Waals surface area contributed by atoms with Crippen LogP contribution in [-0.2, 0) is 52.2 Å². The summed E-state index contributed by atoms with van der Waals surface area (Å²) in [5, 5.41) is 59.7. The van der Waals surface area contributed by atoms with E-state index < -0.39 is 113 Å². The fourth-order valence-electron chi connectivity index (χ4n) is 13.4. The van der Waals surface area contributed by atoms with Gasteiger partial charge in [0.05, 0.1) is 54.2 Å². The van der Waals surface area contributed by atoms with Gasteiger partial charge in [-0.2, -0.15) is 0 Å². The number of benzene rings is 1. The van der Waals surface area contributed by atoms with Gasteiger partial charge in [-0.3, -0.25) is 0 Å². The number of esters is 1. The number of methoxy groups -OCH3 is 3. The molecule has 5 N–H and O–H groups in total. The summed E-state index contributed by atoms with van der Waals surface area (Å²) in [5.74, 6) is -1.18. The Labute approximate surface area is 395 Å². The fourth-order valence-corrected chi connectivity index (χ4v) is 13.4. The van der Waals surface area contributed by atoms with E-state index in [-0.39, 0.29) is 44.0 Å². The second kappa shape index (κ2) is 19.7. The second-order valence-corrected chi connectivity index (χ2v) is 20.9. The average Bonchev–Trinajstić information content (AvgIpc) is 3.53. The van der Waals surface area contributed by atoms with Crippen LogP contribution >= 0.6 is 0 Å². The molecule has 4 aliphatic carbocycles. The maximum atomic E-state index is 13.6. The standard InChI is InChI=1S/C51H76O16/c1-28-44(54)35(58-7)24-42(61-28)66-46-30(3)63-43(26-37(46)60-9)67-45-29(2)62-41(25-36(45)59-8)64-34-18-19-47(5)33(23-34)17-20-50(56)38(47)27-39(65-40(53)16-15-32-13-11-10-12-14-32)48(6)49(55,31(4)52)21-22-51(48,50)57/h10-17,28-31,34-39,41-46,52,54-57H,18-27H2,1-9H3/b16-15+/t28-,29-,30-,31?,34+,35-,36+,37+,38-,39?,41+,42+,43+,44-,45-,46-,47+,48-,49+,50+,51-/m1/s1. The van der Waals surface area contributed by atoms with Crippen LogP contribution in [0.5, 0.6) is 0 Å². The largest absolute Gasteiger partial charge is 0.458 e. The number of aliphatic hydroxyl groups is 5. The summed E-state index contributed by atoms with van der Waals surface area (Å²) < 4.78 is 62.3. The highest BCUT2D eigenvalue weighted by atomic mass is 16.7.